The molecule has 0 saturated carbocycles. The van der Waals surface area contributed by atoms with Crippen LogP contribution in [0.4, 0.5) is 0 Å². The predicted octanol–water partition coefficient (Wildman–Crippen LogP) is 2.46. The van der Waals surface area contributed by atoms with Gasteiger partial charge < -0.3 is 14.6 Å². The zero-order valence-corrected chi connectivity index (χ0v) is 9.70. The van der Waals surface area contributed by atoms with E-state index in [0.717, 1.165) is 11.1 Å². The second-order valence-corrected chi connectivity index (χ2v) is 3.49. The molecule has 3 nitrogen and oxygen atoms in total. The molecular weight excluding hydrogens is 192 g/mol. The minimum atomic E-state index is -0.440. The topological polar surface area (TPSA) is 38.7 Å². The van der Waals surface area contributed by atoms with Crippen LogP contribution in [0.2, 0.25) is 0 Å². The van der Waals surface area contributed by atoms with Crippen LogP contribution in [-0.4, -0.2) is 19.3 Å². The van der Waals surface area contributed by atoms with E-state index in [1.807, 2.05) is 26.0 Å². The van der Waals surface area contributed by atoms with Gasteiger partial charge in [0.1, 0.15) is 0 Å². The van der Waals surface area contributed by atoms with Gasteiger partial charge in [-0.3, -0.25) is 0 Å². The van der Waals surface area contributed by atoms with Crippen molar-refractivity contribution in [1.82, 2.24) is 0 Å². The van der Waals surface area contributed by atoms with Crippen LogP contribution in [0.5, 0.6) is 11.5 Å². The highest BCUT2D eigenvalue weighted by Gasteiger charge is 2.13. The fourth-order valence-corrected chi connectivity index (χ4v) is 1.58. The number of rotatable bonds is 4. The van der Waals surface area contributed by atoms with Crippen molar-refractivity contribution in [3.05, 3.63) is 23.3 Å². The number of ether oxygens (including phenoxy) is 2. The van der Waals surface area contributed by atoms with Crippen LogP contribution in [0.15, 0.2) is 12.1 Å². The number of methoxy groups -OCH3 is 2. The van der Waals surface area contributed by atoms with Crippen LogP contribution >= 0.6 is 0 Å². The zero-order chi connectivity index (χ0) is 11.4. The monoisotopic (exact) mass is 210 g/mol. The summed E-state index contributed by atoms with van der Waals surface area (Å²) in [6.07, 6.45) is 0.251. The Morgan fingerprint density at radius 2 is 1.73 bits per heavy atom. The standard InChI is InChI=1S/C12H18O3/c1-5-10(13)9-7-12(15-4)11(14-3)6-8(9)2/h6-7,10,13H,5H2,1-4H3/t10-/m0/s1. The molecule has 0 aliphatic carbocycles. The van der Waals surface area contributed by atoms with Gasteiger partial charge in [-0.2, -0.15) is 0 Å². The molecule has 0 fully saturated rings. The number of benzene rings is 1. The average Bonchev–Trinajstić information content (AvgIpc) is 2.27. The normalized spacial score (nSPS) is 12.3. The van der Waals surface area contributed by atoms with Gasteiger partial charge in [-0.25, -0.2) is 0 Å². The molecule has 0 amide bonds. The van der Waals surface area contributed by atoms with Crippen LogP contribution in [0, 0.1) is 6.92 Å². The smallest absolute Gasteiger partial charge is 0.161 e. The molecule has 0 radical (unpaired) electrons. The lowest BCUT2D eigenvalue weighted by atomic mass is 10.0. The second kappa shape index (κ2) is 5.03. The molecule has 0 aliphatic rings. The van der Waals surface area contributed by atoms with Crippen LogP contribution in [0.3, 0.4) is 0 Å². The largest absolute Gasteiger partial charge is 0.493 e. The molecule has 0 spiro atoms. The highest BCUT2D eigenvalue weighted by molar-refractivity contribution is 5.47. The molecule has 1 rings (SSSR count). The maximum atomic E-state index is 9.80. The van der Waals surface area contributed by atoms with E-state index in [4.69, 9.17) is 9.47 Å². The zero-order valence-electron chi connectivity index (χ0n) is 9.70. The molecule has 0 unspecified atom stereocenters. The van der Waals surface area contributed by atoms with Crippen molar-refractivity contribution in [3.8, 4) is 11.5 Å². The molecule has 1 aromatic rings. The van der Waals surface area contributed by atoms with Gasteiger partial charge in [-0.1, -0.05) is 6.92 Å². The summed E-state index contributed by atoms with van der Waals surface area (Å²) in [5.74, 6) is 1.35. The first-order chi connectivity index (χ1) is 7.13. The first-order valence-electron chi connectivity index (χ1n) is 5.04. The number of hydrogen-bond acceptors (Lipinski definition) is 3. The Hall–Kier alpha value is -1.22. The second-order valence-electron chi connectivity index (χ2n) is 3.49. The molecule has 0 heterocycles. The first-order valence-corrected chi connectivity index (χ1v) is 5.04. The van der Waals surface area contributed by atoms with Crippen LogP contribution in [0.1, 0.15) is 30.6 Å². The van der Waals surface area contributed by atoms with Crippen LogP contribution in [-0.2, 0) is 0 Å². The first kappa shape index (κ1) is 11.9. The molecular formula is C12H18O3. The summed E-state index contributed by atoms with van der Waals surface area (Å²) in [6, 6.07) is 3.72. The highest BCUT2D eigenvalue weighted by atomic mass is 16.5. The molecule has 0 aromatic heterocycles. The van der Waals surface area contributed by atoms with E-state index < -0.39 is 6.10 Å². The Morgan fingerprint density at radius 1 is 1.20 bits per heavy atom. The average molecular weight is 210 g/mol. The van der Waals surface area contributed by atoms with Gasteiger partial charge >= 0.3 is 0 Å². The quantitative estimate of drug-likeness (QED) is 0.829. The van der Waals surface area contributed by atoms with Gasteiger partial charge in [0.25, 0.3) is 0 Å². The number of aryl methyl sites for hydroxylation is 1. The van der Waals surface area contributed by atoms with Crippen LogP contribution in [0.25, 0.3) is 0 Å². The van der Waals surface area contributed by atoms with Gasteiger partial charge in [-0.15, -0.1) is 0 Å². The van der Waals surface area contributed by atoms with Gasteiger partial charge in [0.2, 0.25) is 0 Å². The van der Waals surface area contributed by atoms with Gasteiger partial charge in [0.15, 0.2) is 11.5 Å². The van der Waals surface area contributed by atoms with E-state index in [0.29, 0.717) is 17.9 Å². The lowest BCUT2D eigenvalue weighted by molar-refractivity contribution is 0.172. The summed E-state index contributed by atoms with van der Waals surface area (Å²) in [6.45, 7) is 3.90. The lowest BCUT2D eigenvalue weighted by Gasteiger charge is -2.15. The summed E-state index contributed by atoms with van der Waals surface area (Å²) in [4.78, 5) is 0. The van der Waals surface area contributed by atoms with Crippen molar-refractivity contribution < 1.29 is 14.6 Å². The Kier molecular flexibility index (Phi) is 3.97. The number of aliphatic hydroxyl groups excluding tert-OH is 1. The molecule has 0 saturated heterocycles. The summed E-state index contributed by atoms with van der Waals surface area (Å²) < 4.78 is 10.4. The molecule has 1 aromatic carbocycles. The predicted molar refractivity (Wildman–Crippen MR) is 59.5 cm³/mol. The Balaban J connectivity index is 3.19. The van der Waals surface area contributed by atoms with Crippen molar-refractivity contribution in [2.24, 2.45) is 0 Å². The Labute approximate surface area is 90.6 Å². The summed E-state index contributed by atoms with van der Waals surface area (Å²) in [5.41, 5.74) is 1.91. The molecule has 1 N–H and O–H groups in total. The fraction of sp³-hybridized carbons (Fsp3) is 0.500. The van der Waals surface area contributed by atoms with E-state index in [2.05, 4.69) is 0 Å². The minimum absolute atomic E-state index is 0.440. The number of hydrogen-bond donors (Lipinski definition) is 1. The summed E-state index contributed by atoms with van der Waals surface area (Å²) in [7, 11) is 3.20. The van der Waals surface area contributed by atoms with Crippen molar-refractivity contribution in [2.45, 2.75) is 26.4 Å². The molecule has 0 bridgehead atoms. The van der Waals surface area contributed by atoms with E-state index in [9.17, 15) is 5.11 Å². The molecule has 3 heteroatoms. The molecule has 0 aliphatic heterocycles. The minimum Gasteiger partial charge on any atom is -0.493 e. The third kappa shape index (κ3) is 2.42. The van der Waals surface area contributed by atoms with E-state index >= 15 is 0 Å². The maximum absolute atomic E-state index is 9.80. The maximum Gasteiger partial charge on any atom is 0.161 e. The van der Waals surface area contributed by atoms with Crippen molar-refractivity contribution in [1.29, 1.82) is 0 Å². The van der Waals surface area contributed by atoms with Crippen molar-refractivity contribution in [2.75, 3.05) is 14.2 Å². The molecule has 1 atom stereocenters. The highest BCUT2D eigenvalue weighted by Crippen LogP contribution is 2.33. The summed E-state index contributed by atoms with van der Waals surface area (Å²) in [5, 5.41) is 9.80. The summed E-state index contributed by atoms with van der Waals surface area (Å²) >= 11 is 0. The Morgan fingerprint density at radius 3 is 2.20 bits per heavy atom. The van der Waals surface area contributed by atoms with Crippen molar-refractivity contribution >= 4 is 0 Å². The Bertz CT molecular complexity index is 334. The van der Waals surface area contributed by atoms with Gasteiger partial charge in [-0.05, 0) is 36.6 Å². The van der Waals surface area contributed by atoms with Gasteiger partial charge in [0.05, 0.1) is 20.3 Å². The molecule has 84 valence electrons. The molecule has 15 heavy (non-hydrogen) atoms. The van der Waals surface area contributed by atoms with E-state index in [1.54, 1.807) is 14.2 Å². The number of aliphatic hydroxyl groups is 1. The van der Waals surface area contributed by atoms with Crippen LogP contribution < -0.4 is 9.47 Å². The fourth-order valence-electron chi connectivity index (χ4n) is 1.58. The third-order valence-corrected chi connectivity index (χ3v) is 2.52. The van der Waals surface area contributed by atoms with E-state index in [1.165, 1.54) is 0 Å². The van der Waals surface area contributed by atoms with E-state index in [-0.39, 0.29) is 0 Å². The van der Waals surface area contributed by atoms with Gasteiger partial charge in [0, 0.05) is 0 Å². The SMILES string of the molecule is CC[C@H](O)c1cc(OC)c(OC)cc1C. The van der Waals surface area contributed by atoms with Crippen molar-refractivity contribution in [3.63, 3.8) is 0 Å². The third-order valence-electron chi connectivity index (χ3n) is 2.52. The lowest BCUT2D eigenvalue weighted by Crippen LogP contribution is -2.01.